The van der Waals surface area contributed by atoms with Gasteiger partial charge in [-0.1, -0.05) is 6.92 Å². The summed E-state index contributed by atoms with van der Waals surface area (Å²) in [6.45, 7) is 2.63. The average Bonchev–Trinajstić information content (AvgIpc) is 3.15. The molecule has 1 unspecified atom stereocenters. The first-order valence-corrected chi connectivity index (χ1v) is 7.01. The van der Waals surface area contributed by atoms with Crippen molar-refractivity contribution < 1.29 is 22.7 Å². The minimum Gasteiger partial charge on any atom is -0.379 e. The summed E-state index contributed by atoms with van der Waals surface area (Å²) in [7, 11) is 0. The Bertz CT molecular complexity index is 319. The molecule has 7 heteroatoms. The molecule has 0 aromatic carbocycles. The van der Waals surface area contributed by atoms with Crippen molar-refractivity contribution in [2.75, 3.05) is 19.8 Å². The van der Waals surface area contributed by atoms with Gasteiger partial charge in [0, 0.05) is 13.0 Å². The second-order valence-corrected chi connectivity index (χ2v) is 5.31. The lowest BCUT2D eigenvalue weighted by Crippen LogP contribution is -2.60. The van der Waals surface area contributed by atoms with Crippen LogP contribution in [-0.2, 0) is 9.53 Å². The molecule has 1 aliphatic carbocycles. The molecule has 1 atom stereocenters. The van der Waals surface area contributed by atoms with E-state index in [0.29, 0.717) is 6.54 Å². The van der Waals surface area contributed by atoms with Crippen molar-refractivity contribution in [1.29, 1.82) is 0 Å². The van der Waals surface area contributed by atoms with Crippen LogP contribution in [0.25, 0.3) is 0 Å². The third-order valence-corrected chi connectivity index (χ3v) is 3.48. The van der Waals surface area contributed by atoms with Crippen LogP contribution in [0.1, 0.15) is 39.0 Å². The summed E-state index contributed by atoms with van der Waals surface area (Å²) < 4.78 is 41.3. The molecule has 20 heavy (non-hydrogen) atoms. The molecule has 0 bridgehead atoms. The number of ether oxygens (including phenoxy) is 1. The van der Waals surface area contributed by atoms with E-state index in [2.05, 4.69) is 5.32 Å². The number of nitrogens with two attached hydrogens (primary N) is 1. The first-order chi connectivity index (χ1) is 9.32. The summed E-state index contributed by atoms with van der Waals surface area (Å²) in [5.41, 5.74) is 4.55. The van der Waals surface area contributed by atoms with Crippen molar-refractivity contribution in [1.82, 2.24) is 5.32 Å². The molecular formula is C13H23F3N2O2. The van der Waals surface area contributed by atoms with E-state index in [-0.39, 0.29) is 25.6 Å². The van der Waals surface area contributed by atoms with E-state index in [1.807, 2.05) is 6.92 Å². The third kappa shape index (κ3) is 5.28. The fourth-order valence-corrected chi connectivity index (χ4v) is 2.20. The van der Waals surface area contributed by atoms with E-state index in [9.17, 15) is 18.0 Å². The molecule has 0 aromatic rings. The number of halogens is 3. The van der Waals surface area contributed by atoms with Crippen LogP contribution < -0.4 is 11.1 Å². The number of nitrogens with one attached hydrogen (secondary N) is 1. The van der Waals surface area contributed by atoms with E-state index in [0.717, 1.165) is 19.3 Å². The molecule has 1 rings (SSSR count). The number of carbonyl (C=O) groups excluding carboxylic acids is 1. The zero-order chi connectivity index (χ0) is 15.2. The monoisotopic (exact) mass is 296 g/mol. The fourth-order valence-electron chi connectivity index (χ4n) is 2.20. The van der Waals surface area contributed by atoms with Crippen LogP contribution in [-0.4, -0.2) is 37.4 Å². The Morgan fingerprint density at radius 2 is 2.05 bits per heavy atom. The average molecular weight is 296 g/mol. The Hall–Kier alpha value is -0.820. The second-order valence-electron chi connectivity index (χ2n) is 5.31. The second kappa shape index (κ2) is 7.26. The minimum absolute atomic E-state index is 0.0188. The van der Waals surface area contributed by atoms with Gasteiger partial charge in [-0.2, -0.15) is 13.2 Å². The topological polar surface area (TPSA) is 64.3 Å². The van der Waals surface area contributed by atoms with Gasteiger partial charge in [0.25, 0.3) is 0 Å². The van der Waals surface area contributed by atoms with Crippen molar-refractivity contribution in [3.8, 4) is 0 Å². The largest absolute Gasteiger partial charge is 0.389 e. The Balaban J connectivity index is 2.42. The van der Waals surface area contributed by atoms with Crippen LogP contribution >= 0.6 is 0 Å². The number of hydrogen-bond donors (Lipinski definition) is 2. The van der Waals surface area contributed by atoms with Crippen LogP contribution in [0.3, 0.4) is 0 Å². The lowest BCUT2D eigenvalue weighted by atomic mass is 9.93. The van der Waals surface area contributed by atoms with E-state index in [4.69, 9.17) is 10.5 Å². The van der Waals surface area contributed by atoms with E-state index in [1.54, 1.807) is 0 Å². The molecule has 0 aromatic heterocycles. The molecule has 1 fully saturated rings. The predicted molar refractivity (Wildman–Crippen MR) is 69.1 cm³/mol. The molecule has 3 N–H and O–H groups in total. The maximum atomic E-state index is 12.0. The maximum absolute atomic E-state index is 12.0. The minimum atomic E-state index is -4.17. The smallest absolute Gasteiger partial charge is 0.379 e. The quantitative estimate of drug-likeness (QED) is 0.606. The third-order valence-electron chi connectivity index (χ3n) is 3.48. The Morgan fingerprint density at radius 1 is 1.40 bits per heavy atom. The van der Waals surface area contributed by atoms with Crippen LogP contribution in [0, 0.1) is 5.92 Å². The van der Waals surface area contributed by atoms with Gasteiger partial charge in [0.05, 0.1) is 6.61 Å². The van der Waals surface area contributed by atoms with Crippen molar-refractivity contribution in [2.45, 2.75) is 50.7 Å². The number of amides is 1. The number of alkyl halides is 3. The molecular weight excluding hydrogens is 273 g/mol. The van der Waals surface area contributed by atoms with Crippen LogP contribution in [0.2, 0.25) is 0 Å². The molecule has 1 amide bonds. The van der Waals surface area contributed by atoms with Gasteiger partial charge in [-0.3, -0.25) is 4.79 Å². The predicted octanol–water partition coefficient (Wildman–Crippen LogP) is 1.98. The zero-order valence-electron chi connectivity index (χ0n) is 11.8. The zero-order valence-corrected chi connectivity index (χ0v) is 11.8. The van der Waals surface area contributed by atoms with Gasteiger partial charge < -0.3 is 15.8 Å². The number of hydrogen-bond acceptors (Lipinski definition) is 3. The van der Waals surface area contributed by atoms with E-state index in [1.165, 1.54) is 0 Å². The van der Waals surface area contributed by atoms with Crippen molar-refractivity contribution in [3.63, 3.8) is 0 Å². The maximum Gasteiger partial charge on any atom is 0.389 e. The highest BCUT2D eigenvalue weighted by atomic mass is 19.4. The van der Waals surface area contributed by atoms with Gasteiger partial charge in [-0.25, -0.2) is 0 Å². The van der Waals surface area contributed by atoms with E-state index < -0.39 is 24.0 Å². The molecule has 0 saturated heterocycles. The number of primary amides is 1. The molecule has 0 heterocycles. The van der Waals surface area contributed by atoms with Crippen molar-refractivity contribution in [3.05, 3.63) is 0 Å². The highest BCUT2D eigenvalue weighted by Gasteiger charge is 2.49. The van der Waals surface area contributed by atoms with Crippen LogP contribution in [0.5, 0.6) is 0 Å². The molecule has 0 spiro atoms. The normalized spacial score (nSPS) is 18.8. The van der Waals surface area contributed by atoms with Crippen molar-refractivity contribution >= 4 is 5.91 Å². The van der Waals surface area contributed by atoms with Crippen LogP contribution in [0.15, 0.2) is 0 Å². The van der Waals surface area contributed by atoms with E-state index >= 15 is 0 Å². The molecule has 1 saturated carbocycles. The standard InChI is InChI=1S/C13H23F3N2O2/c1-2-7-18-12(11(17)19,10-4-5-10)9-20-8-3-6-13(14,15)16/h10,18H,2-9H2,1H3,(H2,17,19). The summed E-state index contributed by atoms with van der Waals surface area (Å²) in [5, 5.41) is 3.13. The lowest BCUT2D eigenvalue weighted by Gasteiger charge is -2.31. The molecule has 0 radical (unpaired) electrons. The summed E-state index contributed by atoms with van der Waals surface area (Å²) in [6.07, 6.45) is -2.51. The lowest BCUT2D eigenvalue weighted by molar-refractivity contribution is -0.140. The van der Waals surface area contributed by atoms with Gasteiger partial charge in [-0.15, -0.1) is 0 Å². The van der Waals surface area contributed by atoms with Gasteiger partial charge >= 0.3 is 6.18 Å². The molecule has 0 aliphatic heterocycles. The van der Waals surface area contributed by atoms with Crippen molar-refractivity contribution in [2.24, 2.45) is 11.7 Å². The van der Waals surface area contributed by atoms with Gasteiger partial charge in [0.1, 0.15) is 5.54 Å². The molecule has 4 nitrogen and oxygen atoms in total. The Morgan fingerprint density at radius 3 is 2.50 bits per heavy atom. The Labute approximate surface area is 117 Å². The summed E-state index contributed by atoms with van der Waals surface area (Å²) >= 11 is 0. The van der Waals surface area contributed by atoms with Gasteiger partial charge in [0.2, 0.25) is 5.91 Å². The molecule has 1 aliphatic rings. The van der Waals surface area contributed by atoms with Crippen LogP contribution in [0.4, 0.5) is 13.2 Å². The molecule has 118 valence electrons. The summed E-state index contributed by atoms with van der Waals surface area (Å²) in [6, 6.07) is 0. The summed E-state index contributed by atoms with van der Waals surface area (Å²) in [5.74, 6) is -0.349. The first-order valence-electron chi connectivity index (χ1n) is 7.01. The number of rotatable bonds is 10. The SMILES string of the molecule is CCCNC(COCCCC(F)(F)F)(C(N)=O)C1CC1. The summed E-state index contributed by atoms with van der Waals surface area (Å²) in [4.78, 5) is 11.7. The number of carbonyl (C=O) groups is 1. The first kappa shape index (κ1) is 17.2. The van der Waals surface area contributed by atoms with Gasteiger partial charge in [-0.05, 0) is 38.1 Å². The fraction of sp³-hybridized carbons (Fsp3) is 0.923. The Kier molecular flexibility index (Phi) is 6.26. The van der Waals surface area contributed by atoms with Gasteiger partial charge in [0.15, 0.2) is 0 Å². The highest BCUT2D eigenvalue weighted by molar-refractivity contribution is 5.85. The highest BCUT2D eigenvalue weighted by Crippen LogP contribution is 2.40.